The van der Waals surface area contributed by atoms with E-state index in [9.17, 15) is 35.1 Å². The van der Waals surface area contributed by atoms with Gasteiger partial charge in [0.1, 0.15) is 0 Å². The van der Waals surface area contributed by atoms with Gasteiger partial charge in [-0.05, 0) is 6.08 Å². The Morgan fingerprint density at radius 1 is 0.882 bits per heavy atom. The van der Waals surface area contributed by atoms with E-state index in [1.807, 2.05) is 0 Å². The van der Waals surface area contributed by atoms with E-state index >= 15 is 0 Å². The van der Waals surface area contributed by atoms with Crippen molar-refractivity contribution in [3.63, 3.8) is 0 Å². The highest BCUT2D eigenvalue weighted by Gasteiger charge is 2.74. The molecule has 0 fully saturated rings. The van der Waals surface area contributed by atoms with Crippen LogP contribution in [0, 0.1) is 0 Å². The maximum Gasteiger partial charge on any atom is 0.460 e. The summed E-state index contributed by atoms with van der Waals surface area (Å²) in [5.74, 6) is -15.3. The van der Waals surface area contributed by atoms with Gasteiger partial charge in [0, 0.05) is 0 Å². The van der Waals surface area contributed by atoms with Gasteiger partial charge < -0.3 is 0 Å². The molecular weight excluding hydrogens is 260 g/mol. The zero-order chi connectivity index (χ0) is 13.9. The first-order chi connectivity index (χ1) is 7.48. The Bertz CT molecular complexity index is 333. The van der Waals surface area contributed by atoms with Crippen LogP contribution in [0.15, 0.2) is 36.7 Å². The van der Waals surface area contributed by atoms with Crippen LogP contribution in [0.3, 0.4) is 0 Å². The summed E-state index contributed by atoms with van der Waals surface area (Å²) in [7, 11) is 0. The summed E-state index contributed by atoms with van der Waals surface area (Å²) in [6, 6.07) is 0. The molecule has 0 radical (unpaired) electrons. The second-order valence-corrected chi connectivity index (χ2v) is 2.78. The fourth-order valence-corrected chi connectivity index (χ4v) is 0.651. The average Bonchev–Trinajstić information content (AvgIpc) is 2.15. The van der Waals surface area contributed by atoms with Crippen LogP contribution in [-0.4, -0.2) is 18.0 Å². The molecule has 0 aromatic heterocycles. The number of alkyl halides is 7. The largest absolute Gasteiger partial charge is 0.460 e. The molecule has 0 aliphatic rings. The summed E-state index contributed by atoms with van der Waals surface area (Å²) in [6.45, 7) is 3.05. The first-order valence-electron chi connectivity index (χ1n) is 3.96. The Hall–Kier alpha value is -1.34. The van der Waals surface area contributed by atoms with Gasteiger partial charge in [-0.25, -0.2) is 4.39 Å². The van der Waals surface area contributed by atoms with Gasteiger partial charge in [0.2, 0.25) is 0 Å². The van der Waals surface area contributed by atoms with Crippen molar-refractivity contribution < 1.29 is 35.1 Å². The Kier molecular flexibility index (Phi) is 4.50. The van der Waals surface area contributed by atoms with E-state index in [1.54, 1.807) is 0 Å². The Morgan fingerprint density at radius 3 is 1.71 bits per heavy atom. The van der Waals surface area contributed by atoms with Gasteiger partial charge >= 0.3 is 18.0 Å². The Balaban J connectivity index is 5.33. The minimum Gasteiger partial charge on any atom is -0.205 e. The molecule has 98 valence electrons. The number of hydrogen-bond acceptors (Lipinski definition) is 0. The van der Waals surface area contributed by atoms with Gasteiger partial charge in [0.25, 0.3) is 0 Å². The molecule has 0 heterocycles. The van der Waals surface area contributed by atoms with E-state index in [2.05, 4.69) is 6.58 Å². The van der Waals surface area contributed by atoms with Crippen LogP contribution in [0.25, 0.3) is 0 Å². The summed E-state index contributed by atoms with van der Waals surface area (Å²) in [6.07, 6.45) is -4.36. The highest BCUT2D eigenvalue weighted by atomic mass is 19.4. The SMILES string of the molecule is C=C/C=C/C=C(\F)C(F)(F)C(F)(F)C(F)(F)F. The minimum absolute atomic E-state index is 0.193. The van der Waals surface area contributed by atoms with E-state index < -0.39 is 23.8 Å². The van der Waals surface area contributed by atoms with E-state index in [-0.39, 0.29) is 6.08 Å². The maximum absolute atomic E-state index is 12.6. The zero-order valence-corrected chi connectivity index (χ0v) is 8.04. The quantitative estimate of drug-likeness (QED) is 0.522. The first kappa shape index (κ1) is 15.7. The van der Waals surface area contributed by atoms with E-state index in [0.29, 0.717) is 6.08 Å². The first-order valence-corrected chi connectivity index (χ1v) is 3.96. The molecule has 17 heavy (non-hydrogen) atoms. The molecule has 0 unspecified atom stereocenters. The van der Waals surface area contributed by atoms with Gasteiger partial charge in [0.05, 0.1) is 0 Å². The van der Waals surface area contributed by atoms with Crippen LogP contribution in [0.4, 0.5) is 35.1 Å². The lowest BCUT2D eigenvalue weighted by molar-refractivity contribution is -0.347. The Labute approximate surface area is 90.9 Å². The minimum atomic E-state index is -6.55. The third-order valence-corrected chi connectivity index (χ3v) is 1.54. The van der Waals surface area contributed by atoms with Crippen molar-refractivity contribution in [1.29, 1.82) is 0 Å². The molecule has 0 aromatic carbocycles. The van der Waals surface area contributed by atoms with Gasteiger partial charge in [-0.15, -0.1) is 0 Å². The average molecular weight is 266 g/mol. The van der Waals surface area contributed by atoms with Crippen molar-refractivity contribution in [3.8, 4) is 0 Å². The van der Waals surface area contributed by atoms with E-state index in [0.717, 1.165) is 12.2 Å². The van der Waals surface area contributed by atoms with Gasteiger partial charge in [-0.2, -0.15) is 30.7 Å². The molecule has 0 aromatic rings. The molecule has 0 saturated carbocycles. The van der Waals surface area contributed by atoms with Gasteiger partial charge in [-0.3, -0.25) is 0 Å². The van der Waals surface area contributed by atoms with Crippen molar-refractivity contribution in [1.82, 2.24) is 0 Å². The Morgan fingerprint density at radius 2 is 1.35 bits per heavy atom. The molecule has 0 amide bonds. The topological polar surface area (TPSA) is 0 Å². The third kappa shape index (κ3) is 3.07. The van der Waals surface area contributed by atoms with Gasteiger partial charge in [0.15, 0.2) is 5.83 Å². The number of rotatable bonds is 4. The van der Waals surface area contributed by atoms with Gasteiger partial charge in [-0.1, -0.05) is 24.8 Å². The van der Waals surface area contributed by atoms with Crippen LogP contribution < -0.4 is 0 Å². The second kappa shape index (κ2) is 4.89. The number of allylic oxidation sites excluding steroid dienone is 5. The summed E-state index contributed by atoms with van der Waals surface area (Å²) in [5.41, 5.74) is 0. The highest BCUT2D eigenvalue weighted by Crippen LogP contribution is 2.49. The molecule has 0 spiro atoms. The molecule has 0 aliphatic heterocycles. The smallest absolute Gasteiger partial charge is 0.205 e. The van der Waals surface area contributed by atoms with E-state index in [1.165, 1.54) is 0 Å². The summed E-state index contributed by atoms with van der Waals surface area (Å²) in [4.78, 5) is 0. The van der Waals surface area contributed by atoms with Crippen LogP contribution in [0.2, 0.25) is 0 Å². The fraction of sp³-hybridized carbons (Fsp3) is 0.333. The van der Waals surface area contributed by atoms with Crippen molar-refractivity contribution in [2.75, 3.05) is 0 Å². The molecule has 8 heteroatoms. The molecular formula is C9H6F8. The molecule has 0 bridgehead atoms. The van der Waals surface area contributed by atoms with Crippen LogP contribution >= 0.6 is 0 Å². The summed E-state index contributed by atoms with van der Waals surface area (Å²) >= 11 is 0. The molecule has 0 atom stereocenters. The lowest BCUT2D eigenvalue weighted by Gasteiger charge is -2.26. The lowest BCUT2D eigenvalue weighted by Crippen LogP contribution is -2.52. The van der Waals surface area contributed by atoms with Crippen molar-refractivity contribution in [3.05, 3.63) is 36.7 Å². The van der Waals surface area contributed by atoms with Crippen molar-refractivity contribution >= 4 is 0 Å². The van der Waals surface area contributed by atoms with Crippen LogP contribution in [0.1, 0.15) is 0 Å². The standard InChI is InChI=1S/C9H6F8/c1-2-3-4-5-6(10)7(11,12)8(13,14)9(15,16)17/h2-5H,1H2/b4-3+,6-5-. The number of halogens is 8. The molecule has 0 rings (SSSR count). The predicted molar refractivity (Wildman–Crippen MR) is 44.5 cm³/mol. The zero-order valence-electron chi connectivity index (χ0n) is 8.04. The lowest BCUT2D eigenvalue weighted by atomic mass is 10.1. The molecule has 0 N–H and O–H groups in total. The van der Waals surface area contributed by atoms with Crippen LogP contribution in [0.5, 0.6) is 0 Å². The second-order valence-electron chi connectivity index (χ2n) is 2.78. The van der Waals surface area contributed by atoms with E-state index in [4.69, 9.17) is 0 Å². The fourth-order valence-electron chi connectivity index (χ4n) is 0.651. The summed E-state index contributed by atoms with van der Waals surface area (Å²) < 4.78 is 97.1. The van der Waals surface area contributed by atoms with Crippen molar-refractivity contribution in [2.24, 2.45) is 0 Å². The number of hydrogen-bond donors (Lipinski definition) is 0. The van der Waals surface area contributed by atoms with Crippen LogP contribution in [-0.2, 0) is 0 Å². The normalized spacial score (nSPS) is 15.4. The maximum atomic E-state index is 12.6. The third-order valence-electron chi connectivity index (χ3n) is 1.54. The monoisotopic (exact) mass is 266 g/mol. The molecule has 0 nitrogen and oxygen atoms in total. The highest BCUT2D eigenvalue weighted by molar-refractivity contribution is 5.19. The molecule has 0 saturated heterocycles. The van der Waals surface area contributed by atoms with Crippen molar-refractivity contribution in [2.45, 2.75) is 18.0 Å². The molecule has 0 aliphatic carbocycles. The summed E-state index contributed by atoms with van der Waals surface area (Å²) in [5, 5.41) is 0. The predicted octanol–water partition coefficient (Wildman–Crippen LogP) is 4.41.